The smallest absolute Gasteiger partial charge is 0.416 e. The maximum atomic E-state index is 13.2. The number of carbonyl (C=O) groups excluding carboxylic acids is 2. The van der Waals surface area contributed by atoms with Gasteiger partial charge in [-0.15, -0.1) is 0 Å². The van der Waals surface area contributed by atoms with Gasteiger partial charge in [-0.3, -0.25) is 9.69 Å². The van der Waals surface area contributed by atoms with Crippen LogP contribution in [0.3, 0.4) is 0 Å². The lowest BCUT2D eigenvalue weighted by Gasteiger charge is -2.40. The van der Waals surface area contributed by atoms with Crippen molar-refractivity contribution >= 4 is 17.7 Å². The Kier molecular flexibility index (Phi) is 7.17. The van der Waals surface area contributed by atoms with Crippen molar-refractivity contribution in [1.82, 2.24) is 4.90 Å². The molecule has 2 aliphatic rings. The van der Waals surface area contributed by atoms with Crippen molar-refractivity contribution in [2.24, 2.45) is 0 Å². The number of nitrogens with zero attached hydrogens (tertiary/aromatic N) is 2. The molecule has 1 saturated heterocycles. The number of anilines is 1. The van der Waals surface area contributed by atoms with E-state index in [1.54, 1.807) is 12.1 Å². The highest BCUT2D eigenvalue weighted by Gasteiger charge is 2.39. The van der Waals surface area contributed by atoms with Crippen molar-refractivity contribution < 1.29 is 45.4 Å². The first-order valence-electron chi connectivity index (χ1n) is 11.1. The van der Waals surface area contributed by atoms with Crippen LogP contribution >= 0.6 is 0 Å². The van der Waals surface area contributed by atoms with E-state index in [-0.39, 0.29) is 31.3 Å². The Labute approximate surface area is 202 Å². The molecule has 2 aromatic carbocycles. The molecule has 2 heterocycles. The van der Waals surface area contributed by atoms with Gasteiger partial charge in [0.05, 0.1) is 11.3 Å². The van der Waals surface area contributed by atoms with Crippen LogP contribution in [0.15, 0.2) is 48.5 Å². The lowest BCUT2D eigenvalue weighted by Crippen LogP contribution is -2.51. The van der Waals surface area contributed by atoms with E-state index in [9.17, 15) is 35.9 Å². The van der Waals surface area contributed by atoms with E-state index in [1.165, 1.54) is 9.80 Å². The minimum Gasteiger partial charge on any atom is -0.444 e. The maximum Gasteiger partial charge on any atom is 0.416 e. The number of likely N-dealkylation sites (tertiary alicyclic amines) is 1. The molecule has 2 aliphatic heterocycles. The Balaban J connectivity index is 1.51. The molecule has 36 heavy (non-hydrogen) atoms. The molecule has 2 amide bonds. The number of fused-ring (bicyclic) bond motifs is 1. The Bertz CT molecular complexity index is 1110. The first-order chi connectivity index (χ1) is 16.9. The van der Waals surface area contributed by atoms with Crippen LogP contribution in [0.2, 0.25) is 0 Å². The summed E-state index contributed by atoms with van der Waals surface area (Å²) in [7, 11) is 0. The number of cyclic esters (lactones) is 1. The number of ether oxygens (including phenoxy) is 2. The van der Waals surface area contributed by atoms with E-state index in [4.69, 9.17) is 9.47 Å². The fourth-order valence-electron chi connectivity index (χ4n) is 4.40. The number of rotatable bonds is 5. The van der Waals surface area contributed by atoms with E-state index in [1.807, 2.05) is 12.1 Å². The SMILES string of the molecule is O=C(C(OCC(F)(F)F)c1cccc(C(F)(F)F)c1)N1CCC(N2C(=O)OCc3ccccc32)CC1. The number of piperidine rings is 1. The molecule has 1 fully saturated rings. The third kappa shape index (κ3) is 5.75. The van der Waals surface area contributed by atoms with Crippen LogP contribution in [0.5, 0.6) is 0 Å². The number of amides is 2. The normalized spacial score (nSPS) is 18.0. The zero-order valence-electron chi connectivity index (χ0n) is 18.8. The van der Waals surface area contributed by atoms with Gasteiger partial charge in [-0.25, -0.2) is 4.79 Å². The molecule has 12 heteroatoms. The summed E-state index contributed by atoms with van der Waals surface area (Å²) in [6.07, 6.45) is -11.3. The first kappa shape index (κ1) is 25.8. The fourth-order valence-corrected chi connectivity index (χ4v) is 4.40. The first-order valence-corrected chi connectivity index (χ1v) is 11.1. The highest BCUT2D eigenvalue weighted by atomic mass is 19.4. The molecule has 0 N–H and O–H groups in total. The molecule has 1 unspecified atom stereocenters. The van der Waals surface area contributed by atoms with Crippen LogP contribution in [0, 0.1) is 0 Å². The Morgan fingerprint density at radius 2 is 1.72 bits per heavy atom. The van der Waals surface area contributed by atoms with E-state index in [0.717, 1.165) is 23.8 Å². The van der Waals surface area contributed by atoms with Crippen molar-refractivity contribution in [2.75, 3.05) is 24.6 Å². The van der Waals surface area contributed by atoms with Gasteiger partial charge in [-0.2, -0.15) is 26.3 Å². The van der Waals surface area contributed by atoms with Crippen molar-refractivity contribution in [3.63, 3.8) is 0 Å². The van der Waals surface area contributed by atoms with Gasteiger partial charge in [-0.1, -0.05) is 30.3 Å². The highest BCUT2D eigenvalue weighted by molar-refractivity contribution is 5.91. The second-order valence-corrected chi connectivity index (χ2v) is 8.54. The Morgan fingerprint density at radius 1 is 1.03 bits per heavy atom. The summed E-state index contributed by atoms with van der Waals surface area (Å²) in [6, 6.07) is 10.4. The van der Waals surface area contributed by atoms with Gasteiger partial charge in [0.2, 0.25) is 0 Å². The van der Waals surface area contributed by atoms with Gasteiger partial charge >= 0.3 is 18.4 Å². The van der Waals surface area contributed by atoms with E-state index in [2.05, 4.69) is 0 Å². The Hall–Kier alpha value is -3.28. The van der Waals surface area contributed by atoms with Crippen molar-refractivity contribution in [1.29, 1.82) is 0 Å². The number of carbonyl (C=O) groups is 2. The average molecular weight is 516 g/mol. The number of benzene rings is 2. The standard InChI is InChI=1S/C24H22F6N2O4/c25-23(26,27)14-36-20(15-5-3-6-17(12-15)24(28,29)30)21(33)31-10-8-18(9-11-31)32-19-7-2-1-4-16(19)13-35-22(32)34/h1-7,12,18,20H,8-11,13-14H2. The predicted octanol–water partition coefficient (Wildman–Crippen LogP) is 5.47. The number of hydrogen-bond donors (Lipinski definition) is 0. The zero-order valence-corrected chi connectivity index (χ0v) is 18.8. The summed E-state index contributed by atoms with van der Waals surface area (Å²) in [4.78, 5) is 28.4. The van der Waals surface area contributed by atoms with Crippen molar-refractivity contribution in [3.05, 3.63) is 65.2 Å². The summed E-state index contributed by atoms with van der Waals surface area (Å²) in [5, 5.41) is 0. The molecular weight excluding hydrogens is 494 g/mol. The second kappa shape index (κ2) is 10.00. The predicted molar refractivity (Wildman–Crippen MR) is 115 cm³/mol. The van der Waals surface area contributed by atoms with Crippen LogP contribution in [0.4, 0.5) is 36.8 Å². The number of halogens is 6. The average Bonchev–Trinajstić information content (AvgIpc) is 2.83. The fraction of sp³-hybridized carbons (Fsp3) is 0.417. The molecule has 0 radical (unpaired) electrons. The molecule has 2 aromatic rings. The molecule has 0 spiro atoms. The lowest BCUT2D eigenvalue weighted by atomic mass is 9.99. The molecule has 1 atom stereocenters. The lowest BCUT2D eigenvalue weighted by molar-refractivity contribution is -0.191. The van der Waals surface area contributed by atoms with Gasteiger partial charge in [-0.05, 0) is 36.6 Å². The van der Waals surface area contributed by atoms with Crippen LogP contribution in [-0.4, -0.2) is 48.8 Å². The van der Waals surface area contributed by atoms with Gasteiger partial charge in [0.1, 0.15) is 13.2 Å². The van der Waals surface area contributed by atoms with E-state index < -0.39 is 42.6 Å². The van der Waals surface area contributed by atoms with Gasteiger partial charge in [0.25, 0.3) is 5.91 Å². The Morgan fingerprint density at radius 3 is 2.39 bits per heavy atom. The number of alkyl halides is 6. The van der Waals surface area contributed by atoms with Crippen molar-refractivity contribution in [2.45, 2.75) is 43.9 Å². The van der Waals surface area contributed by atoms with Crippen LogP contribution in [0.25, 0.3) is 0 Å². The van der Waals surface area contributed by atoms with Crippen molar-refractivity contribution in [3.8, 4) is 0 Å². The highest BCUT2D eigenvalue weighted by Crippen LogP contribution is 2.35. The van der Waals surface area contributed by atoms with Crippen LogP contribution in [0.1, 0.15) is 35.6 Å². The third-order valence-corrected chi connectivity index (χ3v) is 6.09. The van der Waals surface area contributed by atoms with Gasteiger partial charge < -0.3 is 14.4 Å². The van der Waals surface area contributed by atoms with Gasteiger partial charge in [0.15, 0.2) is 6.10 Å². The zero-order chi connectivity index (χ0) is 26.1. The topological polar surface area (TPSA) is 59.1 Å². The molecule has 0 saturated carbocycles. The molecule has 194 valence electrons. The minimum atomic E-state index is -4.78. The van der Waals surface area contributed by atoms with E-state index >= 15 is 0 Å². The van der Waals surface area contributed by atoms with Gasteiger partial charge in [0, 0.05) is 24.7 Å². The summed E-state index contributed by atoms with van der Waals surface area (Å²) >= 11 is 0. The quantitative estimate of drug-likeness (QED) is 0.495. The van der Waals surface area contributed by atoms with Crippen LogP contribution in [-0.2, 0) is 27.1 Å². The summed E-state index contributed by atoms with van der Waals surface area (Å²) in [5.74, 6) is -0.876. The van der Waals surface area contributed by atoms with E-state index in [0.29, 0.717) is 24.6 Å². The molecule has 0 bridgehead atoms. The molecule has 4 rings (SSSR count). The molecule has 0 aromatic heterocycles. The number of para-hydroxylation sites is 1. The summed E-state index contributed by atoms with van der Waals surface area (Å²) in [5.41, 5.74) is 0.0822. The molecular formula is C24H22F6N2O4. The summed E-state index contributed by atoms with van der Waals surface area (Å²) in [6.45, 7) is -1.52. The molecule has 0 aliphatic carbocycles. The minimum absolute atomic E-state index is 0.0697. The molecule has 6 nitrogen and oxygen atoms in total. The maximum absolute atomic E-state index is 13.2. The third-order valence-electron chi connectivity index (χ3n) is 6.09. The monoisotopic (exact) mass is 516 g/mol. The summed E-state index contributed by atoms with van der Waals surface area (Å²) < 4.78 is 88.1. The van der Waals surface area contributed by atoms with Crippen LogP contribution < -0.4 is 4.90 Å². The second-order valence-electron chi connectivity index (χ2n) is 8.54. The largest absolute Gasteiger partial charge is 0.444 e. The number of hydrogen-bond acceptors (Lipinski definition) is 4.